The highest BCUT2D eigenvalue weighted by Crippen LogP contribution is 2.16. The van der Waals surface area contributed by atoms with Gasteiger partial charge in [-0.3, -0.25) is 0 Å². The zero-order chi connectivity index (χ0) is 12.8. The smallest absolute Gasteiger partial charge is 0.146 e. The Balaban J connectivity index is 2.49. The molecule has 0 heterocycles. The van der Waals surface area contributed by atoms with Crippen molar-refractivity contribution in [3.63, 3.8) is 0 Å². The number of nitrogens with zero attached hydrogens (tertiary/aromatic N) is 1. The van der Waals surface area contributed by atoms with Crippen LogP contribution in [-0.2, 0) is 0 Å². The molecule has 0 aliphatic heterocycles. The van der Waals surface area contributed by atoms with Crippen LogP contribution in [0.25, 0.3) is 0 Å². The normalized spacial score (nSPS) is 12.8. The third kappa shape index (κ3) is 4.71. The van der Waals surface area contributed by atoms with Crippen molar-refractivity contribution >= 4 is 5.69 Å². The van der Waals surface area contributed by atoms with Crippen molar-refractivity contribution in [2.75, 3.05) is 25.0 Å². The Bertz CT molecular complexity index is 344. The molecule has 0 amide bonds. The third-order valence-corrected chi connectivity index (χ3v) is 2.51. The zero-order valence-corrected chi connectivity index (χ0v) is 10.7. The second-order valence-corrected chi connectivity index (χ2v) is 4.55. The van der Waals surface area contributed by atoms with E-state index in [2.05, 4.69) is 5.32 Å². The summed E-state index contributed by atoms with van der Waals surface area (Å²) in [5, 5.41) is 12.9. The minimum Gasteiger partial charge on any atom is -0.390 e. The largest absolute Gasteiger partial charge is 0.390 e. The van der Waals surface area contributed by atoms with E-state index in [4.69, 9.17) is 0 Å². The van der Waals surface area contributed by atoms with Crippen LogP contribution in [0.3, 0.4) is 0 Å². The first-order valence-corrected chi connectivity index (χ1v) is 5.88. The molecular weight excluding hydrogens is 219 g/mol. The van der Waals surface area contributed by atoms with Crippen LogP contribution in [0.4, 0.5) is 10.1 Å². The zero-order valence-electron chi connectivity index (χ0n) is 10.7. The van der Waals surface area contributed by atoms with Gasteiger partial charge in [-0.25, -0.2) is 4.39 Å². The standard InChI is InChI=1S/C13H21FN2O/c1-10(2)15-8-11(17)9-16(3)13-7-5-4-6-12(13)14/h4-7,10-11,15,17H,8-9H2,1-3H3. The van der Waals surface area contributed by atoms with Gasteiger partial charge in [0, 0.05) is 26.2 Å². The highest BCUT2D eigenvalue weighted by atomic mass is 19.1. The van der Waals surface area contributed by atoms with Crippen LogP contribution in [0.15, 0.2) is 24.3 Å². The summed E-state index contributed by atoms with van der Waals surface area (Å²) < 4.78 is 13.5. The van der Waals surface area contributed by atoms with Crippen molar-refractivity contribution in [2.45, 2.75) is 26.0 Å². The number of para-hydroxylation sites is 1. The number of hydrogen-bond donors (Lipinski definition) is 2. The summed E-state index contributed by atoms with van der Waals surface area (Å²) in [4.78, 5) is 1.72. The Kier molecular flexibility index (Phi) is 5.38. The van der Waals surface area contributed by atoms with Crippen LogP contribution < -0.4 is 10.2 Å². The lowest BCUT2D eigenvalue weighted by molar-refractivity contribution is 0.175. The second kappa shape index (κ2) is 6.57. The lowest BCUT2D eigenvalue weighted by atomic mass is 10.2. The molecule has 17 heavy (non-hydrogen) atoms. The molecular formula is C13H21FN2O. The van der Waals surface area contributed by atoms with Crippen LogP contribution in [0.5, 0.6) is 0 Å². The molecule has 0 aromatic heterocycles. The number of likely N-dealkylation sites (N-methyl/N-ethyl adjacent to an activating group) is 1. The number of halogens is 1. The number of aliphatic hydroxyl groups is 1. The summed E-state index contributed by atoms with van der Waals surface area (Å²) in [6.45, 7) is 4.96. The van der Waals surface area contributed by atoms with Gasteiger partial charge in [-0.05, 0) is 12.1 Å². The van der Waals surface area contributed by atoms with E-state index in [1.807, 2.05) is 13.8 Å². The average molecular weight is 240 g/mol. The fraction of sp³-hybridized carbons (Fsp3) is 0.538. The molecule has 0 spiro atoms. The van der Waals surface area contributed by atoms with Gasteiger partial charge in [-0.1, -0.05) is 26.0 Å². The first-order chi connectivity index (χ1) is 8.00. The highest BCUT2D eigenvalue weighted by molar-refractivity contribution is 5.46. The van der Waals surface area contributed by atoms with Gasteiger partial charge in [0.25, 0.3) is 0 Å². The first-order valence-electron chi connectivity index (χ1n) is 5.88. The maximum Gasteiger partial charge on any atom is 0.146 e. The average Bonchev–Trinajstić information content (AvgIpc) is 2.26. The van der Waals surface area contributed by atoms with Gasteiger partial charge in [0.2, 0.25) is 0 Å². The molecule has 1 atom stereocenters. The Morgan fingerprint density at radius 2 is 2.00 bits per heavy atom. The lowest BCUT2D eigenvalue weighted by Crippen LogP contribution is -2.39. The van der Waals surface area contributed by atoms with Crippen LogP contribution in [-0.4, -0.2) is 37.4 Å². The number of hydrogen-bond acceptors (Lipinski definition) is 3. The van der Waals surface area contributed by atoms with Crippen molar-refractivity contribution in [2.24, 2.45) is 0 Å². The van der Waals surface area contributed by atoms with Gasteiger partial charge in [-0.15, -0.1) is 0 Å². The van der Waals surface area contributed by atoms with Crippen molar-refractivity contribution in [1.82, 2.24) is 5.32 Å². The molecule has 1 unspecified atom stereocenters. The van der Waals surface area contributed by atoms with Crippen molar-refractivity contribution in [3.8, 4) is 0 Å². The summed E-state index contributed by atoms with van der Waals surface area (Å²) in [6.07, 6.45) is -0.512. The van der Waals surface area contributed by atoms with E-state index in [1.54, 1.807) is 30.1 Å². The summed E-state index contributed by atoms with van der Waals surface area (Å²) in [7, 11) is 1.77. The molecule has 0 saturated carbocycles. The molecule has 0 radical (unpaired) electrons. The van der Waals surface area contributed by atoms with Gasteiger partial charge in [0.1, 0.15) is 5.82 Å². The van der Waals surface area contributed by atoms with E-state index in [0.717, 1.165) is 0 Å². The maximum absolute atomic E-state index is 13.5. The van der Waals surface area contributed by atoms with Crippen LogP contribution in [0.1, 0.15) is 13.8 Å². The van der Waals surface area contributed by atoms with Gasteiger partial charge in [-0.2, -0.15) is 0 Å². The summed E-state index contributed by atoms with van der Waals surface area (Å²) in [5.74, 6) is -0.265. The van der Waals surface area contributed by atoms with E-state index in [9.17, 15) is 9.50 Å². The minimum atomic E-state index is -0.512. The Morgan fingerprint density at radius 3 is 2.59 bits per heavy atom. The van der Waals surface area contributed by atoms with Crippen LogP contribution >= 0.6 is 0 Å². The molecule has 0 fully saturated rings. The lowest BCUT2D eigenvalue weighted by Gasteiger charge is -2.23. The molecule has 4 heteroatoms. The van der Waals surface area contributed by atoms with Crippen LogP contribution in [0, 0.1) is 5.82 Å². The molecule has 1 aromatic rings. The van der Waals surface area contributed by atoms with Gasteiger partial charge < -0.3 is 15.3 Å². The molecule has 0 aliphatic rings. The van der Waals surface area contributed by atoms with Gasteiger partial charge >= 0.3 is 0 Å². The second-order valence-electron chi connectivity index (χ2n) is 4.55. The quantitative estimate of drug-likeness (QED) is 0.793. The molecule has 1 rings (SSSR count). The summed E-state index contributed by atoms with van der Waals surface area (Å²) >= 11 is 0. The topological polar surface area (TPSA) is 35.5 Å². The number of aliphatic hydroxyl groups excluding tert-OH is 1. The van der Waals surface area contributed by atoms with Gasteiger partial charge in [0.15, 0.2) is 0 Å². The number of nitrogens with one attached hydrogen (secondary N) is 1. The molecule has 1 aromatic carbocycles. The van der Waals surface area contributed by atoms with Crippen molar-refractivity contribution in [1.29, 1.82) is 0 Å². The first kappa shape index (κ1) is 13.9. The molecule has 0 saturated heterocycles. The SMILES string of the molecule is CC(C)NCC(O)CN(C)c1ccccc1F. The molecule has 0 bridgehead atoms. The number of anilines is 1. The molecule has 3 nitrogen and oxygen atoms in total. The van der Waals surface area contributed by atoms with E-state index < -0.39 is 6.10 Å². The van der Waals surface area contributed by atoms with Crippen molar-refractivity contribution < 1.29 is 9.50 Å². The van der Waals surface area contributed by atoms with Crippen molar-refractivity contribution in [3.05, 3.63) is 30.1 Å². The summed E-state index contributed by atoms with van der Waals surface area (Å²) in [5.41, 5.74) is 0.510. The number of benzene rings is 1. The van der Waals surface area contributed by atoms with E-state index in [1.165, 1.54) is 6.07 Å². The predicted molar refractivity (Wildman–Crippen MR) is 68.8 cm³/mol. The van der Waals surface area contributed by atoms with Gasteiger partial charge in [0.05, 0.1) is 11.8 Å². The Labute approximate surface area is 102 Å². The van der Waals surface area contributed by atoms with Crippen LogP contribution in [0.2, 0.25) is 0 Å². The molecule has 96 valence electrons. The third-order valence-electron chi connectivity index (χ3n) is 2.51. The Morgan fingerprint density at radius 1 is 1.35 bits per heavy atom. The predicted octanol–water partition coefficient (Wildman–Crippen LogP) is 1.62. The maximum atomic E-state index is 13.5. The summed E-state index contributed by atoms with van der Waals surface area (Å²) in [6, 6.07) is 6.91. The molecule has 2 N–H and O–H groups in total. The van der Waals surface area contributed by atoms with E-state index in [0.29, 0.717) is 24.8 Å². The van der Waals surface area contributed by atoms with E-state index in [-0.39, 0.29) is 5.82 Å². The minimum absolute atomic E-state index is 0.265. The highest BCUT2D eigenvalue weighted by Gasteiger charge is 2.11. The number of rotatable bonds is 6. The Hall–Kier alpha value is -1.13. The monoisotopic (exact) mass is 240 g/mol. The van der Waals surface area contributed by atoms with E-state index >= 15 is 0 Å². The molecule has 0 aliphatic carbocycles. The fourth-order valence-electron chi connectivity index (χ4n) is 1.61. The fourth-order valence-corrected chi connectivity index (χ4v) is 1.61.